The molecule has 0 aliphatic rings. The van der Waals surface area contributed by atoms with Gasteiger partial charge in [-0.05, 0) is 0 Å². The fourth-order valence-corrected chi connectivity index (χ4v) is 4.92. The maximum absolute atomic E-state index is 11.2. The molecule has 0 unspecified atom stereocenters. The minimum absolute atomic E-state index is 0.254. The van der Waals surface area contributed by atoms with Gasteiger partial charge in [-0.1, -0.05) is 0 Å². The van der Waals surface area contributed by atoms with Crippen molar-refractivity contribution in [2.45, 2.75) is 10.6 Å². The second-order valence-electron chi connectivity index (χ2n) is 4.60. The number of aromatic nitrogens is 1. The second kappa shape index (κ2) is 6.97. The van der Waals surface area contributed by atoms with Crippen molar-refractivity contribution >= 4 is 32.2 Å². The van der Waals surface area contributed by atoms with Crippen molar-refractivity contribution in [2.24, 2.45) is 0 Å². The van der Waals surface area contributed by atoms with Crippen molar-refractivity contribution in [3.05, 3.63) is 70.8 Å². The summed E-state index contributed by atoms with van der Waals surface area (Å²) in [6.07, 6.45) is 0. The second-order valence-corrected chi connectivity index (χ2v) is 7.42. The molecule has 0 bridgehead atoms. The number of benzene rings is 2. The normalized spacial score (nSPS) is 10.5. The number of nitrogens with zero attached hydrogens (tertiary/aromatic N) is 1. The van der Waals surface area contributed by atoms with Crippen molar-refractivity contribution in [3.8, 4) is 10.1 Å². The molecule has 0 amide bonds. The first-order valence-corrected chi connectivity index (χ1v) is 9.52. The van der Waals surface area contributed by atoms with Crippen LogP contribution in [-0.4, -0.2) is 30.6 Å². The number of carboxylic acid groups (broad SMARTS) is 1. The molecule has 0 saturated carbocycles. The summed E-state index contributed by atoms with van der Waals surface area (Å²) in [5.41, 5.74) is 2.55. The summed E-state index contributed by atoms with van der Waals surface area (Å²) in [6.45, 7) is 0. The predicted molar refractivity (Wildman–Crippen MR) is 89.6 cm³/mol. The van der Waals surface area contributed by atoms with Crippen molar-refractivity contribution in [1.82, 2.24) is 4.98 Å². The summed E-state index contributed by atoms with van der Waals surface area (Å²) in [4.78, 5) is 18.8. The van der Waals surface area contributed by atoms with Crippen LogP contribution in [-0.2, 0) is 5.75 Å². The molecule has 1 heterocycles. The Hall–Kier alpha value is -1.81. The number of thioether (sulfide) groups is 1. The van der Waals surface area contributed by atoms with Crippen LogP contribution in [0.1, 0.15) is 16.1 Å². The van der Waals surface area contributed by atoms with E-state index in [2.05, 4.69) is 22.1 Å². The van der Waals surface area contributed by atoms with E-state index < -0.39 is 5.97 Å². The monoisotopic (exact) mass is 375 g/mol. The van der Waals surface area contributed by atoms with Crippen molar-refractivity contribution in [2.75, 3.05) is 0 Å². The van der Waals surface area contributed by atoms with E-state index in [1.807, 2.05) is 30.3 Å². The standard InChI is InChI=1S/C17H13NO2SSe/c19-17(20)14-8-4-5-9-15(14)21-10-13-11-22-16(18-13)12-6-2-1-3-7-12/h1-9,11H,10H2,(H,19,20). The van der Waals surface area contributed by atoms with Crippen LogP contribution in [0.4, 0.5) is 0 Å². The first-order chi connectivity index (χ1) is 10.7. The average Bonchev–Trinajstić information content (AvgIpc) is 3.03. The molecule has 0 fully saturated rings. The van der Waals surface area contributed by atoms with E-state index in [9.17, 15) is 9.90 Å². The van der Waals surface area contributed by atoms with E-state index in [1.165, 1.54) is 17.3 Å². The van der Waals surface area contributed by atoms with Crippen LogP contribution in [0.25, 0.3) is 10.1 Å². The first kappa shape index (κ1) is 15.1. The zero-order valence-corrected chi connectivity index (χ0v) is 14.1. The molecule has 3 rings (SSSR count). The molecule has 1 aromatic heterocycles. The Morgan fingerprint density at radius 2 is 1.82 bits per heavy atom. The van der Waals surface area contributed by atoms with E-state index in [1.54, 1.807) is 12.1 Å². The van der Waals surface area contributed by atoms with Crippen LogP contribution >= 0.6 is 11.8 Å². The van der Waals surface area contributed by atoms with Gasteiger partial charge in [-0.25, -0.2) is 0 Å². The number of hydrogen-bond acceptors (Lipinski definition) is 3. The molecule has 0 radical (unpaired) electrons. The van der Waals surface area contributed by atoms with E-state index >= 15 is 0 Å². The van der Waals surface area contributed by atoms with Crippen molar-refractivity contribution in [3.63, 3.8) is 0 Å². The molecule has 0 aliphatic carbocycles. The summed E-state index contributed by atoms with van der Waals surface area (Å²) >= 11 is 1.78. The third-order valence-electron chi connectivity index (χ3n) is 3.07. The fourth-order valence-electron chi connectivity index (χ4n) is 2.01. The molecule has 5 heteroatoms. The van der Waals surface area contributed by atoms with Gasteiger partial charge in [0.15, 0.2) is 0 Å². The quantitative estimate of drug-likeness (QED) is 0.545. The van der Waals surface area contributed by atoms with Crippen LogP contribution < -0.4 is 0 Å². The van der Waals surface area contributed by atoms with Crippen LogP contribution in [0.15, 0.2) is 64.4 Å². The Labute approximate surface area is 138 Å². The summed E-state index contributed by atoms with van der Waals surface area (Å²) < 4.78 is 1.13. The van der Waals surface area contributed by atoms with Gasteiger partial charge in [0.25, 0.3) is 0 Å². The van der Waals surface area contributed by atoms with Gasteiger partial charge in [0.05, 0.1) is 0 Å². The van der Waals surface area contributed by atoms with Crippen molar-refractivity contribution < 1.29 is 9.90 Å². The number of hydrogen-bond donors (Lipinski definition) is 1. The van der Waals surface area contributed by atoms with Gasteiger partial charge < -0.3 is 0 Å². The summed E-state index contributed by atoms with van der Waals surface area (Å²) in [5.74, 6) is -0.191. The summed E-state index contributed by atoms with van der Waals surface area (Å²) in [7, 11) is 0. The fraction of sp³-hybridized carbons (Fsp3) is 0.0588. The van der Waals surface area contributed by atoms with E-state index in [4.69, 9.17) is 0 Å². The molecule has 0 saturated heterocycles. The van der Waals surface area contributed by atoms with Gasteiger partial charge >= 0.3 is 139 Å². The zero-order chi connectivity index (χ0) is 15.4. The topological polar surface area (TPSA) is 50.2 Å². The number of carboxylic acids is 1. The molecule has 0 atom stereocenters. The Bertz CT molecular complexity index is 786. The van der Waals surface area contributed by atoms with E-state index in [-0.39, 0.29) is 14.5 Å². The summed E-state index contributed by atoms with van der Waals surface area (Å²) in [5, 5.41) is 9.20. The van der Waals surface area contributed by atoms with Gasteiger partial charge in [-0.2, -0.15) is 0 Å². The van der Waals surface area contributed by atoms with Crippen LogP contribution in [0.5, 0.6) is 0 Å². The number of rotatable bonds is 5. The SMILES string of the molecule is O=C(O)c1ccccc1SCc1c[se]c(-c2ccccc2)n1. The molecule has 22 heavy (non-hydrogen) atoms. The van der Waals surface area contributed by atoms with Crippen LogP contribution in [0.2, 0.25) is 0 Å². The molecule has 0 aliphatic heterocycles. The number of aromatic carboxylic acids is 1. The molecular weight excluding hydrogens is 361 g/mol. The summed E-state index contributed by atoms with van der Waals surface area (Å²) in [6, 6.07) is 17.3. The predicted octanol–water partition coefficient (Wildman–Crippen LogP) is 3.80. The molecule has 110 valence electrons. The van der Waals surface area contributed by atoms with Gasteiger partial charge in [0.1, 0.15) is 0 Å². The van der Waals surface area contributed by atoms with Gasteiger partial charge in [0, 0.05) is 0 Å². The minimum atomic E-state index is -0.888. The van der Waals surface area contributed by atoms with Crippen molar-refractivity contribution in [1.29, 1.82) is 0 Å². The molecule has 0 spiro atoms. The molecule has 1 N–H and O–H groups in total. The third-order valence-corrected chi connectivity index (χ3v) is 6.15. The third kappa shape index (κ3) is 3.50. The van der Waals surface area contributed by atoms with E-state index in [0.717, 1.165) is 15.2 Å². The molecular formula is C17H13NO2SSe. The average molecular weight is 374 g/mol. The molecule has 3 nitrogen and oxygen atoms in total. The zero-order valence-electron chi connectivity index (χ0n) is 11.6. The van der Waals surface area contributed by atoms with E-state index in [0.29, 0.717) is 11.3 Å². The van der Waals surface area contributed by atoms with Gasteiger partial charge in [-0.3, -0.25) is 0 Å². The Morgan fingerprint density at radius 1 is 1.09 bits per heavy atom. The Morgan fingerprint density at radius 3 is 2.59 bits per heavy atom. The molecule has 3 aromatic rings. The first-order valence-electron chi connectivity index (χ1n) is 6.69. The Kier molecular flexibility index (Phi) is 4.78. The van der Waals surface area contributed by atoms with Gasteiger partial charge in [-0.15, -0.1) is 0 Å². The van der Waals surface area contributed by atoms with Crippen LogP contribution in [0, 0.1) is 0 Å². The van der Waals surface area contributed by atoms with Gasteiger partial charge in [0.2, 0.25) is 0 Å². The number of carbonyl (C=O) groups is 1. The maximum atomic E-state index is 11.2. The molecule has 2 aromatic carbocycles. The Balaban J connectivity index is 1.73. The van der Waals surface area contributed by atoms with Crippen LogP contribution in [0.3, 0.4) is 0 Å².